The molecule has 1 aromatic carbocycles. The topological polar surface area (TPSA) is 92.7 Å². The van der Waals surface area contributed by atoms with Crippen molar-refractivity contribution in [3.05, 3.63) is 70.3 Å². The highest BCUT2D eigenvalue weighted by molar-refractivity contribution is 6.02. The number of para-hydroxylation sites is 1. The van der Waals surface area contributed by atoms with Gasteiger partial charge in [0.05, 0.1) is 11.4 Å². The number of aromatic amines is 1. The van der Waals surface area contributed by atoms with E-state index in [2.05, 4.69) is 20.6 Å². The summed E-state index contributed by atoms with van der Waals surface area (Å²) in [6.45, 7) is 1.84. The van der Waals surface area contributed by atoms with E-state index in [1.54, 1.807) is 10.7 Å². The Morgan fingerprint density at radius 1 is 1.18 bits per heavy atom. The number of carbonyl (C=O) groups is 1. The molecule has 7 nitrogen and oxygen atoms in total. The first-order valence-corrected chi connectivity index (χ1v) is 6.62. The van der Waals surface area contributed by atoms with Gasteiger partial charge in [-0.3, -0.25) is 9.59 Å². The monoisotopic (exact) mass is 295 g/mol. The summed E-state index contributed by atoms with van der Waals surface area (Å²) in [6, 6.07) is 13.8. The van der Waals surface area contributed by atoms with Crippen molar-refractivity contribution in [2.24, 2.45) is 0 Å². The fourth-order valence-corrected chi connectivity index (χ4v) is 2.01. The largest absolute Gasteiger partial charge is 0.305 e. The molecule has 22 heavy (non-hydrogen) atoms. The van der Waals surface area contributed by atoms with Gasteiger partial charge in [-0.25, -0.2) is 9.78 Å². The molecule has 2 aromatic heterocycles. The van der Waals surface area contributed by atoms with Crippen LogP contribution in [0.5, 0.6) is 0 Å². The predicted molar refractivity (Wildman–Crippen MR) is 81.1 cm³/mol. The van der Waals surface area contributed by atoms with Gasteiger partial charge in [0.15, 0.2) is 0 Å². The third kappa shape index (κ3) is 2.78. The Morgan fingerprint density at radius 3 is 2.64 bits per heavy atom. The third-order valence-corrected chi connectivity index (χ3v) is 2.99. The molecule has 0 aliphatic rings. The Bertz CT molecular complexity index is 847. The molecule has 3 rings (SSSR count). The summed E-state index contributed by atoms with van der Waals surface area (Å²) in [5, 5.41) is 13.0. The number of hydrogen-bond acceptors (Lipinski definition) is 4. The summed E-state index contributed by atoms with van der Waals surface area (Å²) in [6.07, 6.45) is 0. The molecule has 0 atom stereocenters. The summed E-state index contributed by atoms with van der Waals surface area (Å²) in [5.41, 5.74) is 1.37. The zero-order chi connectivity index (χ0) is 15.5. The van der Waals surface area contributed by atoms with Crippen LogP contribution < -0.4 is 10.9 Å². The summed E-state index contributed by atoms with van der Waals surface area (Å²) in [5.74, 6) is 0.107. The van der Waals surface area contributed by atoms with Crippen LogP contribution in [0.4, 0.5) is 5.82 Å². The Morgan fingerprint density at radius 2 is 1.95 bits per heavy atom. The summed E-state index contributed by atoms with van der Waals surface area (Å²) < 4.78 is 1.64. The van der Waals surface area contributed by atoms with Crippen molar-refractivity contribution in [3.63, 3.8) is 0 Å². The van der Waals surface area contributed by atoms with Gasteiger partial charge < -0.3 is 5.32 Å². The molecule has 1 amide bonds. The standard InChI is InChI=1S/C15H13N5O2/c1-10-9-13(20(19-10)11-5-3-2-4-6-11)16-15(22)12-7-8-14(21)18-17-12/h2-9H,1H3,(H,16,22)(H,18,21). The van der Waals surface area contributed by atoms with Gasteiger partial charge in [0.2, 0.25) is 0 Å². The molecule has 0 aliphatic heterocycles. The highest BCUT2D eigenvalue weighted by atomic mass is 16.2. The fraction of sp³-hybridized carbons (Fsp3) is 0.0667. The minimum absolute atomic E-state index is 0.123. The maximum atomic E-state index is 12.2. The Labute approximate surface area is 125 Å². The van der Waals surface area contributed by atoms with Crippen molar-refractivity contribution in [2.75, 3.05) is 5.32 Å². The molecule has 0 saturated carbocycles. The first-order chi connectivity index (χ1) is 10.6. The van der Waals surface area contributed by atoms with Gasteiger partial charge >= 0.3 is 0 Å². The minimum atomic E-state index is -0.423. The molecule has 0 spiro atoms. The molecule has 0 saturated heterocycles. The van der Waals surface area contributed by atoms with E-state index < -0.39 is 5.91 Å². The average molecular weight is 295 g/mol. The average Bonchev–Trinajstić information content (AvgIpc) is 2.89. The first kappa shape index (κ1) is 13.7. The number of rotatable bonds is 3. The number of anilines is 1. The van der Waals surface area contributed by atoms with Gasteiger partial charge in [0.25, 0.3) is 11.5 Å². The Kier molecular flexibility index (Phi) is 3.53. The lowest BCUT2D eigenvalue weighted by Gasteiger charge is -2.08. The number of amides is 1. The van der Waals surface area contributed by atoms with E-state index in [0.717, 1.165) is 11.4 Å². The van der Waals surface area contributed by atoms with Gasteiger partial charge in [-0.05, 0) is 25.1 Å². The van der Waals surface area contributed by atoms with Crippen molar-refractivity contribution in [1.82, 2.24) is 20.0 Å². The van der Waals surface area contributed by atoms with E-state index in [1.165, 1.54) is 12.1 Å². The van der Waals surface area contributed by atoms with Crippen LogP contribution in [0.2, 0.25) is 0 Å². The van der Waals surface area contributed by atoms with Crippen LogP contribution in [0.3, 0.4) is 0 Å². The molecule has 0 unspecified atom stereocenters. The second kappa shape index (κ2) is 5.65. The van der Waals surface area contributed by atoms with E-state index in [9.17, 15) is 9.59 Å². The number of carbonyl (C=O) groups excluding carboxylic acids is 1. The highest BCUT2D eigenvalue weighted by Gasteiger charge is 2.13. The molecule has 110 valence electrons. The Hall–Kier alpha value is -3.22. The van der Waals surface area contributed by atoms with E-state index in [-0.39, 0.29) is 11.3 Å². The van der Waals surface area contributed by atoms with Crippen LogP contribution in [0.15, 0.2) is 53.3 Å². The highest BCUT2D eigenvalue weighted by Crippen LogP contribution is 2.17. The molecule has 0 radical (unpaired) electrons. The number of aryl methyl sites for hydroxylation is 1. The van der Waals surface area contributed by atoms with Gasteiger partial charge in [-0.15, -0.1) is 0 Å². The second-order valence-corrected chi connectivity index (χ2v) is 4.68. The molecule has 0 fully saturated rings. The van der Waals surface area contributed by atoms with Gasteiger partial charge in [0.1, 0.15) is 11.5 Å². The molecule has 2 heterocycles. The van der Waals surface area contributed by atoms with Gasteiger partial charge in [0, 0.05) is 12.1 Å². The second-order valence-electron chi connectivity index (χ2n) is 4.68. The summed E-state index contributed by atoms with van der Waals surface area (Å²) >= 11 is 0. The molecule has 0 bridgehead atoms. The van der Waals surface area contributed by atoms with Crippen LogP contribution >= 0.6 is 0 Å². The van der Waals surface area contributed by atoms with Crippen molar-refractivity contribution < 1.29 is 4.79 Å². The number of hydrogen-bond donors (Lipinski definition) is 2. The first-order valence-electron chi connectivity index (χ1n) is 6.62. The smallest absolute Gasteiger partial charge is 0.277 e. The van der Waals surface area contributed by atoms with Gasteiger partial charge in [-0.1, -0.05) is 18.2 Å². The van der Waals surface area contributed by atoms with Crippen molar-refractivity contribution in [1.29, 1.82) is 0 Å². The van der Waals surface area contributed by atoms with Crippen LogP contribution in [0.25, 0.3) is 5.69 Å². The van der Waals surface area contributed by atoms with Crippen molar-refractivity contribution in [3.8, 4) is 5.69 Å². The maximum absolute atomic E-state index is 12.2. The van der Waals surface area contributed by atoms with Gasteiger partial charge in [-0.2, -0.15) is 10.2 Å². The number of aromatic nitrogens is 4. The Balaban J connectivity index is 1.91. The van der Waals surface area contributed by atoms with Crippen LogP contribution in [0, 0.1) is 6.92 Å². The number of nitrogens with zero attached hydrogens (tertiary/aromatic N) is 3. The summed E-state index contributed by atoms with van der Waals surface area (Å²) in [4.78, 5) is 23.2. The van der Waals surface area contributed by atoms with E-state index in [1.807, 2.05) is 37.3 Å². The lowest BCUT2D eigenvalue weighted by Crippen LogP contribution is -2.19. The van der Waals surface area contributed by atoms with Crippen molar-refractivity contribution in [2.45, 2.75) is 6.92 Å². The van der Waals surface area contributed by atoms with Crippen LogP contribution in [-0.4, -0.2) is 25.9 Å². The number of H-pyrrole nitrogens is 1. The maximum Gasteiger partial charge on any atom is 0.277 e. The summed E-state index contributed by atoms with van der Waals surface area (Å²) in [7, 11) is 0. The minimum Gasteiger partial charge on any atom is -0.305 e. The van der Waals surface area contributed by atoms with E-state index in [4.69, 9.17) is 0 Å². The number of nitrogens with one attached hydrogen (secondary N) is 2. The zero-order valence-electron chi connectivity index (χ0n) is 11.8. The predicted octanol–water partition coefficient (Wildman–Crippen LogP) is 1.52. The van der Waals surface area contributed by atoms with Crippen LogP contribution in [-0.2, 0) is 0 Å². The molecule has 0 aliphatic carbocycles. The zero-order valence-corrected chi connectivity index (χ0v) is 11.8. The lowest BCUT2D eigenvalue weighted by atomic mass is 10.3. The molecular weight excluding hydrogens is 282 g/mol. The molecule has 7 heteroatoms. The lowest BCUT2D eigenvalue weighted by molar-refractivity contribution is 0.102. The van der Waals surface area contributed by atoms with Crippen LogP contribution in [0.1, 0.15) is 16.2 Å². The van der Waals surface area contributed by atoms with Crippen molar-refractivity contribution >= 4 is 11.7 Å². The quantitative estimate of drug-likeness (QED) is 0.766. The SMILES string of the molecule is Cc1cc(NC(=O)c2ccc(=O)[nH]n2)n(-c2ccccc2)n1. The fourth-order valence-electron chi connectivity index (χ4n) is 2.01. The third-order valence-electron chi connectivity index (χ3n) is 2.99. The normalized spacial score (nSPS) is 10.4. The molecule has 3 aromatic rings. The van der Waals surface area contributed by atoms with E-state index in [0.29, 0.717) is 5.82 Å². The van der Waals surface area contributed by atoms with E-state index >= 15 is 0 Å². The molecule has 2 N–H and O–H groups in total. The number of benzene rings is 1. The molecular formula is C15H13N5O2.